The van der Waals surface area contributed by atoms with Gasteiger partial charge in [-0.3, -0.25) is 0 Å². The van der Waals surface area contributed by atoms with Crippen molar-refractivity contribution in [1.82, 2.24) is 0 Å². The van der Waals surface area contributed by atoms with Gasteiger partial charge in [-0.05, 0) is 0 Å². The summed E-state index contributed by atoms with van der Waals surface area (Å²) >= 11 is 0.149. The van der Waals surface area contributed by atoms with E-state index in [0.29, 0.717) is 0 Å². The number of benzene rings is 2. The third-order valence-electron chi connectivity index (χ3n) is 1.95. The van der Waals surface area contributed by atoms with Crippen LogP contribution in [0.4, 0.5) is 10.1 Å². The van der Waals surface area contributed by atoms with Crippen LogP contribution in [0.1, 0.15) is 0 Å². The van der Waals surface area contributed by atoms with Crippen molar-refractivity contribution in [3.8, 4) is 0 Å². The SMILES string of the molecule is Nc1ccc([Se]c2ccccc2)cc1F. The van der Waals surface area contributed by atoms with Crippen molar-refractivity contribution in [2.24, 2.45) is 0 Å². The van der Waals surface area contributed by atoms with Gasteiger partial charge >= 0.3 is 94.0 Å². The van der Waals surface area contributed by atoms with E-state index in [2.05, 4.69) is 0 Å². The molecule has 0 aromatic heterocycles. The van der Waals surface area contributed by atoms with Crippen LogP contribution in [0.5, 0.6) is 0 Å². The van der Waals surface area contributed by atoms with Crippen LogP contribution < -0.4 is 14.7 Å². The average molecular weight is 266 g/mol. The van der Waals surface area contributed by atoms with Crippen LogP contribution in [0, 0.1) is 5.82 Å². The molecule has 15 heavy (non-hydrogen) atoms. The molecule has 0 saturated heterocycles. The molecule has 0 aliphatic rings. The number of hydrogen-bond donors (Lipinski definition) is 1. The Labute approximate surface area is 94.3 Å². The molecule has 0 spiro atoms. The summed E-state index contributed by atoms with van der Waals surface area (Å²) in [5.41, 5.74) is 5.62. The monoisotopic (exact) mass is 267 g/mol. The molecule has 2 aromatic carbocycles. The van der Waals surface area contributed by atoms with E-state index >= 15 is 0 Å². The minimum atomic E-state index is -0.328. The van der Waals surface area contributed by atoms with Crippen LogP contribution in [0.3, 0.4) is 0 Å². The summed E-state index contributed by atoms with van der Waals surface area (Å²) in [4.78, 5) is 0. The molecule has 0 aliphatic carbocycles. The van der Waals surface area contributed by atoms with Crippen molar-refractivity contribution >= 4 is 29.6 Å². The topological polar surface area (TPSA) is 26.0 Å². The van der Waals surface area contributed by atoms with Crippen molar-refractivity contribution in [2.45, 2.75) is 0 Å². The molecular weight excluding hydrogens is 256 g/mol. The molecule has 2 aromatic rings. The summed E-state index contributed by atoms with van der Waals surface area (Å²) < 4.78 is 15.4. The van der Waals surface area contributed by atoms with E-state index in [4.69, 9.17) is 5.73 Å². The molecule has 0 heterocycles. The van der Waals surface area contributed by atoms with E-state index in [-0.39, 0.29) is 26.5 Å². The molecule has 0 radical (unpaired) electrons. The second kappa shape index (κ2) is 4.47. The number of anilines is 1. The molecule has 3 heteroatoms. The molecule has 0 amide bonds. The number of hydrogen-bond acceptors (Lipinski definition) is 1. The summed E-state index contributed by atoms with van der Waals surface area (Å²) in [5.74, 6) is -0.328. The van der Waals surface area contributed by atoms with Crippen LogP contribution in [0.15, 0.2) is 48.5 Å². The Morgan fingerprint density at radius 3 is 2.33 bits per heavy atom. The van der Waals surface area contributed by atoms with E-state index in [1.165, 1.54) is 10.5 Å². The molecule has 76 valence electrons. The zero-order chi connectivity index (χ0) is 10.7. The summed E-state index contributed by atoms with van der Waals surface area (Å²) in [6, 6.07) is 15.1. The van der Waals surface area contributed by atoms with Crippen molar-refractivity contribution in [1.29, 1.82) is 0 Å². The van der Waals surface area contributed by atoms with Gasteiger partial charge in [-0.15, -0.1) is 0 Å². The maximum absolute atomic E-state index is 13.2. The van der Waals surface area contributed by atoms with E-state index in [1.54, 1.807) is 6.07 Å². The third kappa shape index (κ3) is 2.58. The fourth-order valence-corrected chi connectivity index (χ4v) is 3.01. The van der Waals surface area contributed by atoms with Crippen molar-refractivity contribution in [2.75, 3.05) is 5.73 Å². The van der Waals surface area contributed by atoms with Crippen LogP contribution in [-0.4, -0.2) is 15.0 Å². The molecule has 2 rings (SSSR count). The first kappa shape index (κ1) is 10.2. The van der Waals surface area contributed by atoms with E-state index in [0.717, 1.165) is 4.46 Å². The summed E-state index contributed by atoms with van der Waals surface area (Å²) in [5, 5.41) is 0. The van der Waals surface area contributed by atoms with E-state index in [1.807, 2.05) is 36.4 Å². The Balaban J connectivity index is 2.22. The number of rotatable bonds is 2. The first-order chi connectivity index (χ1) is 7.25. The Morgan fingerprint density at radius 2 is 1.67 bits per heavy atom. The summed E-state index contributed by atoms with van der Waals surface area (Å²) in [6.07, 6.45) is 0. The molecule has 0 aliphatic heterocycles. The van der Waals surface area contributed by atoms with Gasteiger partial charge in [0, 0.05) is 0 Å². The summed E-state index contributed by atoms with van der Waals surface area (Å²) in [7, 11) is 0. The van der Waals surface area contributed by atoms with E-state index < -0.39 is 0 Å². The first-order valence-corrected chi connectivity index (χ1v) is 6.25. The van der Waals surface area contributed by atoms with Crippen molar-refractivity contribution in [3.63, 3.8) is 0 Å². The Morgan fingerprint density at radius 1 is 0.933 bits per heavy atom. The van der Waals surface area contributed by atoms with Gasteiger partial charge in [0.05, 0.1) is 0 Å². The number of halogens is 1. The fraction of sp³-hybridized carbons (Fsp3) is 0. The molecule has 2 N–H and O–H groups in total. The van der Waals surface area contributed by atoms with Crippen LogP contribution in [0.25, 0.3) is 0 Å². The zero-order valence-corrected chi connectivity index (χ0v) is 9.70. The van der Waals surface area contributed by atoms with Gasteiger partial charge in [-0.2, -0.15) is 0 Å². The van der Waals surface area contributed by atoms with Crippen LogP contribution >= 0.6 is 0 Å². The van der Waals surface area contributed by atoms with Crippen molar-refractivity contribution < 1.29 is 4.39 Å². The van der Waals surface area contributed by atoms with Gasteiger partial charge in [0.15, 0.2) is 0 Å². The predicted octanol–water partition coefficient (Wildman–Crippen LogP) is 1.06. The molecular formula is C12H10FNSe. The van der Waals surface area contributed by atoms with Crippen LogP contribution in [0.2, 0.25) is 0 Å². The Hall–Kier alpha value is -1.31. The maximum atomic E-state index is 13.2. The fourth-order valence-electron chi connectivity index (χ4n) is 1.20. The second-order valence-electron chi connectivity index (χ2n) is 3.10. The summed E-state index contributed by atoms with van der Waals surface area (Å²) in [6.45, 7) is 0. The molecule has 0 saturated carbocycles. The van der Waals surface area contributed by atoms with Gasteiger partial charge in [0.2, 0.25) is 0 Å². The van der Waals surface area contributed by atoms with Gasteiger partial charge < -0.3 is 0 Å². The molecule has 0 bridgehead atoms. The molecule has 0 atom stereocenters. The van der Waals surface area contributed by atoms with Gasteiger partial charge in [0.25, 0.3) is 0 Å². The molecule has 0 unspecified atom stereocenters. The number of nitrogens with two attached hydrogens (primary N) is 1. The van der Waals surface area contributed by atoms with Gasteiger partial charge in [-0.1, -0.05) is 0 Å². The van der Waals surface area contributed by atoms with Gasteiger partial charge in [0.1, 0.15) is 0 Å². The number of nitrogen functional groups attached to an aromatic ring is 1. The predicted molar refractivity (Wildman–Crippen MR) is 62.3 cm³/mol. The minimum absolute atomic E-state index is 0.149. The van der Waals surface area contributed by atoms with Gasteiger partial charge in [-0.25, -0.2) is 0 Å². The Kier molecular flexibility index (Phi) is 3.05. The zero-order valence-electron chi connectivity index (χ0n) is 7.98. The molecule has 1 nitrogen and oxygen atoms in total. The molecule has 0 fully saturated rings. The average Bonchev–Trinajstić information content (AvgIpc) is 2.25. The Bertz CT molecular complexity index is 456. The quantitative estimate of drug-likeness (QED) is 0.638. The first-order valence-electron chi connectivity index (χ1n) is 4.53. The normalized spacial score (nSPS) is 10.2. The van der Waals surface area contributed by atoms with Crippen LogP contribution in [-0.2, 0) is 0 Å². The third-order valence-corrected chi connectivity index (χ3v) is 4.04. The van der Waals surface area contributed by atoms with E-state index in [9.17, 15) is 4.39 Å². The second-order valence-corrected chi connectivity index (χ2v) is 5.50. The van der Waals surface area contributed by atoms with Crippen molar-refractivity contribution in [3.05, 3.63) is 54.3 Å². The standard InChI is InChI=1S/C12H10FNSe/c13-11-8-10(6-7-12(11)14)15-9-4-2-1-3-5-9/h1-8H,14H2.